The lowest BCUT2D eigenvalue weighted by Crippen LogP contribution is -2.62. The van der Waals surface area contributed by atoms with Crippen molar-refractivity contribution in [1.82, 2.24) is 0 Å². The van der Waals surface area contributed by atoms with Crippen LogP contribution in [-0.2, 0) is 35.3 Å². The number of carbonyl (C=O) groups excluding carboxylic acids is 2. The second-order valence-electron chi connectivity index (χ2n) is 16.0. The number of fused-ring (bicyclic) bond motifs is 2. The van der Waals surface area contributed by atoms with E-state index in [9.17, 15) is 24.2 Å². The van der Waals surface area contributed by atoms with Gasteiger partial charge in [-0.1, -0.05) is 18.2 Å². The Morgan fingerprint density at radius 1 is 0.741 bits per heavy atom. The number of aliphatic carboxylic acids is 2. The number of ether oxygens (including phenoxy) is 6. The SMILES string of the molecule is COc1ccc2cc1Oc1ccc(cc1)CC1c3cc(c(OC)cc3CC[N+]1(C)C(C)C(=O)[O-])Oc1c(OCCF)c(OC)cc3c1C(C2)[N+](C)(C(C)C(=O)[O-])CC3. The molecule has 0 aromatic heterocycles. The van der Waals surface area contributed by atoms with Crippen LogP contribution in [0.4, 0.5) is 4.39 Å². The number of benzene rings is 4. The van der Waals surface area contributed by atoms with Crippen LogP contribution < -0.4 is 38.6 Å². The largest absolute Gasteiger partial charge is 0.544 e. The fourth-order valence-corrected chi connectivity index (χ4v) is 9.16. The first-order valence-electron chi connectivity index (χ1n) is 19.6. The van der Waals surface area contributed by atoms with Crippen LogP contribution in [0, 0.1) is 0 Å². The van der Waals surface area contributed by atoms with Gasteiger partial charge in [0.05, 0.1) is 66.0 Å². The Morgan fingerprint density at radius 2 is 1.31 bits per heavy atom. The topological polar surface area (TPSA) is 136 Å². The monoisotopic (exact) mass is 798 g/mol. The van der Waals surface area contributed by atoms with Crippen LogP contribution in [0.25, 0.3) is 0 Å². The van der Waals surface area contributed by atoms with Crippen molar-refractivity contribution in [3.63, 3.8) is 0 Å². The molecule has 8 rings (SSSR count). The van der Waals surface area contributed by atoms with Crippen LogP contribution in [0.1, 0.15) is 59.3 Å². The summed E-state index contributed by atoms with van der Waals surface area (Å²) in [6, 6.07) is 16.3. The van der Waals surface area contributed by atoms with Gasteiger partial charge in [0.15, 0.2) is 34.5 Å². The smallest absolute Gasteiger partial charge is 0.204 e. The van der Waals surface area contributed by atoms with Crippen LogP contribution >= 0.6 is 0 Å². The summed E-state index contributed by atoms with van der Waals surface area (Å²) in [5.41, 5.74) is 5.19. The number of alkyl halides is 1. The summed E-state index contributed by atoms with van der Waals surface area (Å²) >= 11 is 0. The second kappa shape index (κ2) is 16.0. The molecule has 58 heavy (non-hydrogen) atoms. The fraction of sp³-hybridized carbons (Fsp3) is 0.422. The van der Waals surface area contributed by atoms with Crippen molar-refractivity contribution < 1.29 is 61.6 Å². The minimum atomic E-state index is -1.20. The predicted octanol–water partition coefficient (Wildman–Crippen LogP) is 4.81. The minimum Gasteiger partial charge on any atom is -0.544 e. The Morgan fingerprint density at radius 3 is 1.93 bits per heavy atom. The minimum absolute atomic E-state index is 0.0462. The summed E-state index contributed by atoms with van der Waals surface area (Å²) < 4.78 is 51.4. The van der Waals surface area contributed by atoms with Crippen molar-refractivity contribution in [2.45, 2.75) is 63.7 Å². The molecule has 308 valence electrons. The van der Waals surface area contributed by atoms with Gasteiger partial charge in [0.1, 0.15) is 43.2 Å². The first-order chi connectivity index (χ1) is 27.8. The van der Waals surface area contributed by atoms with Crippen LogP contribution in [0.5, 0.6) is 46.0 Å². The zero-order chi connectivity index (χ0) is 41.5. The molecule has 4 aliphatic rings. The van der Waals surface area contributed by atoms with E-state index in [4.69, 9.17) is 28.4 Å². The lowest BCUT2D eigenvalue weighted by atomic mass is 9.84. The first-order valence-corrected chi connectivity index (χ1v) is 19.6. The van der Waals surface area contributed by atoms with E-state index in [-0.39, 0.29) is 33.1 Å². The molecule has 0 radical (unpaired) electrons. The number of rotatable bonds is 10. The molecule has 0 aliphatic carbocycles. The average molecular weight is 799 g/mol. The fourth-order valence-electron chi connectivity index (χ4n) is 9.16. The number of likely N-dealkylation sites (N-methyl/N-ethyl adjacent to an activating group) is 2. The standard InChI is InChI=1S/C45H51FN2O10/c1-26(44(49)50)47(3)17-14-30-23-37(54-6)39-25-33(30)34(47)20-28-8-11-32(12-9-28)57-38-22-29(10-13-36(38)53-5)21-35-41-31(15-18-48(35,4)27(2)45(51)52)24-40(55-7)42(43(41)58-39)56-19-16-46/h8-13,22-27,34-35H,14-21H2,1-7H3. The first kappa shape index (κ1) is 40.7. The Balaban J connectivity index is 1.55. The number of carbonyl (C=O) groups is 2. The molecule has 0 saturated carbocycles. The second-order valence-corrected chi connectivity index (χ2v) is 16.0. The van der Waals surface area contributed by atoms with Gasteiger partial charge in [-0.3, -0.25) is 0 Å². The van der Waals surface area contributed by atoms with Crippen LogP contribution in [0.2, 0.25) is 0 Å². The van der Waals surface area contributed by atoms with E-state index in [1.807, 2.05) is 74.8 Å². The summed E-state index contributed by atoms with van der Waals surface area (Å²) in [4.78, 5) is 25.4. The van der Waals surface area contributed by atoms with Crippen molar-refractivity contribution in [3.05, 3.63) is 94.0 Å². The van der Waals surface area contributed by atoms with Crippen LogP contribution in [-0.4, -0.2) is 94.8 Å². The highest BCUT2D eigenvalue weighted by Crippen LogP contribution is 2.54. The Bertz CT molecular complexity index is 2210. The third kappa shape index (κ3) is 7.15. The van der Waals surface area contributed by atoms with Crippen molar-refractivity contribution in [3.8, 4) is 46.0 Å². The molecule has 0 spiro atoms. The number of hydrogen-bond acceptors (Lipinski definition) is 10. The summed E-state index contributed by atoms with van der Waals surface area (Å²) in [6.45, 7) is 3.24. The third-order valence-corrected chi connectivity index (χ3v) is 13.0. The van der Waals surface area contributed by atoms with E-state index in [1.165, 1.54) is 7.11 Å². The maximum absolute atomic E-state index is 14.0. The van der Waals surface area contributed by atoms with Crippen LogP contribution in [0.3, 0.4) is 0 Å². The number of halogens is 1. The van der Waals surface area contributed by atoms with Gasteiger partial charge in [0.25, 0.3) is 0 Å². The summed E-state index contributed by atoms with van der Waals surface area (Å²) in [6.07, 6.45) is 1.83. The maximum atomic E-state index is 14.0. The van der Waals surface area contributed by atoms with E-state index in [0.717, 1.165) is 27.8 Å². The molecule has 0 saturated heterocycles. The van der Waals surface area contributed by atoms with Gasteiger partial charge in [0.2, 0.25) is 5.75 Å². The van der Waals surface area contributed by atoms with Gasteiger partial charge in [-0.2, -0.15) is 0 Å². The molecule has 6 unspecified atom stereocenters. The summed E-state index contributed by atoms with van der Waals surface area (Å²) in [5, 5.41) is 25.4. The highest BCUT2D eigenvalue weighted by Gasteiger charge is 2.48. The van der Waals surface area contributed by atoms with Crippen molar-refractivity contribution in [2.75, 3.05) is 61.8 Å². The molecule has 12 nitrogen and oxygen atoms in total. The molecule has 4 aromatic rings. The molecule has 0 N–H and O–H groups in total. The van der Waals surface area contributed by atoms with Gasteiger partial charge < -0.3 is 57.2 Å². The van der Waals surface area contributed by atoms with E-state index in [0.29, 0.717) is 78.8 Å². The molecule has 4 heterocycles. The zero-order valence-electron chi connectivity index (χ0n) is 34.1. The molecule has 4 aliphatic heterocycles. The number of carboxylic acid groups (broad SMARTS) is 2. The van der Waals surface area contributed by atoms with Gasteiger partial charge in [-0.15, -0.1) is 0 Å². The zero-order valence-corrected chi connectivity index (χ0v) is 34.1. The third-order valence-electron chi connectivity index (χ3n) is 13.0. The quantitative estimate of drug-likeness (QED) is 0.206. The van der Waals surface area contributed by atoms with E-state index in [1.54, 1.807) is 28.1 Å². The highest BCUT2D eigenvalue weighted by atomic mass is 19.1. The molecule has 0 amide bonds. The number of quaternary nitrogens is 2. The predicted molar refractivity (Wildman–Crippen MR) is 208 cm³/mol. The van der Waals surface area contributed by atoms with Crippen LogP contribution in [0.15, 0.2) is 60.7 Å². The molecule has 4 aromatic carbocycles. The number of methoxy groups -OCH3 is 3. The molecular weight excluding hydrogens is 747 g/mol. The van der Waals surface area contributed by atoms with Gasteiger partial charge in [-0.05, 0) is 78.6 Å². The molecule has 13 heteroatoms. The van der Waals surface area contributed by atoms with Crippen molar-refractivity contribution >= 4 is 11.9 Å². The lowest BCUT2D eigenvalue weighted by Gasteiger charge is -2.50. The van der Waals surface area contributed by atoms with E-state index < -0.39 is 36.7 Å². The van der Waals surface area contributed by atoms with E-state index >= 15 is 0 Å². The summed E-state index contributed by atoms with van der Waals surface area (Å²) in [5.74, 6) is 0.685. The number of hydrogen-bond donors (Lipinski definition) is 0. The lowest BCUT2D eigenvalue weighted by molar-refractivity contribution is -0.956. The van der Waals surface area contributed by atoms with Gasteiger partial charge in [0, 0.05) is 31.2 Å². The Hall–Kier alpha value is -5.53. The van der Waals surface area contributed by atoms with Gasteiger partial charge in [-0.25, -0.2) is 4.39 Å². The Kier molecular flexibility index (Phi) is 11.2. The molecule has 6 bridgehead atoms. The normalized spacial score (nSPS) is 23.1. The highest BCUT2D eigenvalue weighted by molar-refractivity contribution is 5.70. The number of nitrogens with zero attached hydrogens (tertiary/aromatic N) is 2. The molecule has 6 atom stereocenters. The average Bonchev–Trinajstić information content (AvgIpc) is 3.21. The van der Waals surface area contributed by atoms with Crippen molar-refractivity contribution in [2.24, 2.45) is 0 Å². The molecular formula is C45H51FN2O10. The Labute approximate surface area is 338 Å². The molecule has 0 fully saturated rings. The summed E-state index contributed by atoms with van der Waals surface area (Å²) in [7, 11) is 8.47. The van der Waals surface area contributed by atoms with Crippen molar-refractivity contribution in [1.29, 1.82) is 0 Å². The van der Waals surface area contributed by atoms with Gasteiger partial charge >= 0.3 is 0 Å². The maximum Gasteiger partial charge on any atom is 0.204 e. The van der Waals surface area contributed by atoms with E-state index in [2.05, 4.69) is 0 Å². The number of carboxylic acids is 2.